The minimum atomic E-state index is 0.473. The molecule has 1 heterocycles. The van der Waals surface area contributed by atoms with E-state index in [0.717, 1.165) is 30.2 Å². The number of aryl methyl sites for hydroxylation is 1. The SMILES string of the molecule is Cc1oc(CNC(C)C)cc1COCC(C)C. The lowest BCUT2D eigenvalue weighted by Crippen LogP contribution is -2.21. The first-order valence-electron chi connectivity index (χ1n) is 6.38. The lowest BCUT2D eigenvalue weighted by molar-refractivity contribution is 0.0962. The molecule has 0 saturated carbocycles. The number of hydrogen-bond donors (Lipinski definition) is 1. The molecule has 0 atom stereocenters. The van der Waals surface area contributed by atoms with Crippen molar-refractivity contribution in [1.29, 1.82) is 0 Å². The normalized spacial score (nSPS) is 11.7. The zero-order valence-electron chi connectivity index (χ0n) is 11.7. The Bertz CT molecular complexity index is 329. The van der Waals surface area contributed by atoms with E-state index in [-0.39, 0.29) is 0 Å². The maximum Gasteiger partial charge on any atom is 0.118 e. The van der Waals surface area contributed by atoms with E-state index in [0.29, 0.717) is 18.6 Å². The molecule has 0 spiro atoms. The highest BCUT2D eigenvalue weighted by Gasteiger charge is 2.08. The van der Waals surface area contributed by atoms with Crippen LogP contribution in [0.15, 0.2) is 10.5 Å². The Morgan fingerprint density at radius 1 is 1.29 bits per heavy atom. The highest BCUT2D eigenvalue weighted by atomic mass is 16.5. The Balaban J connectivity index is 2.44. The van der Waals surface area contributed by atoms with Crippen LogP contribution < -0.4 is 5.32 Å². The first kappa shape index (κ1) is 14.3. The van der Waals surface area contributed by atoms with Crippen LogP contribution in [0.1, 0.15) is 44.8 Å². The minimum Gasteiger partial charge on any atom is -0.465 e. The standard InChI is InChI=1S/C14H25NO2/c1-10(2)8-16-9-13-6-14(17-12(13)5)7-15-11(3)4/h6,10-11,15H,7-9H2,1-5H3. The van der Waals surface area contributed by atoms with Crippen molar-refractivity contribution in [3.63, 3.8) is 0 Å². The predicted octanol–water partition coefficient (Wildman–Crippen LogP) is 3.26. The predicted molar refractivity (Wildman–Crippen MR) is 69.9 cm³/mol. The van der Waals surface area contributed by atoms with E-state index in [2.05, 4.69) is 39.1 Å². The van der Waals surface area contributed by atoms with Gasteiger partial charge in [-0.05, 0) is 18.9 Å². The van der Waals surface area contributed by atoms with Gasteiger partial charge >= 0.3 is 0 Å². The molecule has 0 fully saturated rings. The van der Waals surface area contributed by atoms with Crippen molar-refractivity contribution in [2.45, 2.75) is 53.8 Å². The maximum absolute atomic E-state index is 5.68. The summed E-state index contributed by atoms with van der Waals surface area (Å²) in [4.78, 5) is 0. The van der Waals surface area contributed by atoms with Gasteiger partial charge < -0.3 is 14.5 Å². The van der Waals surface area contributed by atoms with Gasteiger partial charge in [-0.3, -0.25) is 0 Å². The lowest BCUT2D eigenvalue weighted by atomic mass is 10.2. The molecular formula is C14H25NO2. The monoisotopic (exact) mass is 239 g/mol. The Morgan fingerprint density at radius 3 is 2.59 bits per heavy atom. The fourth-order valence-corrected chi connectivity index (χ4v) is 1.53. The van der Waals surface area contributed by atoms with Crippen LogP contribution in [-0.2, 0) is 17.9 Å². The molecule has 98 valence electrons. The van der Waals surface area contributed by atoms with Gasteiger partial charge in [-0.25, -0.2) is 0 Å². The highest BCUT2D eigenvalue weighted by Crippen LogP contribution is 2.16. The summed E-state index contributed by atoms with van der Waals surface area (Å²) in [6.45, 7) is 12.8. The molecule has 1 N–H and O–H groups in total. The second-order valence-electron chi connectivity index (χ2n) is 5.24. The van der Waals surface area contributed by atoms with Crippen molar-refractivity contribution >= 4 is 0 Å². The average Bonchev–Trinajstić information content (AvgIpc) is 2.56. The first-order valence-corrected chi connectivity index (χ1v) is 6.38. The smallest absolute Gasteiger partial charge is 0.118 e. The van der Waals surface area contributed by atoms with E-state index in [1.807, 2.05) is 6.92 Å². The van der Waals surface area contributed by atoms with E-state index in [4.69, 9.17) is 9.15 Å². The number of ether oxygens (including phenoxy) is 1. The molecule has 17 heavy (non-hydrogen) atoms. The van der Waals surface area contributed by atoms with Gasteiger partial charge in [-0.1, -0.05) is 27.7 Å². The first-order chi connectivity index (χ1) is 7.99. The Morgan fingerprint density at radius 2 is 2.00 bits per heavy atom. The van der Waals surface area contributed by atoms with Gasteiger partial charge in [-0.2, -0.15) is 0 Å². The summed E-state index contributed by atoms with van der Waals surface area (Å²) in [6, 6.07) is 2.56. The van der Waals surface area contributed by atoms with Crippen molar-refractivity contribution in [3.05, 3.63) is 23.2 Å². The third kappa shape index (κ3) is 5.37. The second-order valence-corrected chi connectivity index (χ2v) is 5.24. The quantitative estimate of drug-likeness (QED) is 0.793. The maximum atomic E-state index is 5.68. The molecule has 0 aliphatic heterocycles. The molecule has 1 aromatic heterocycles. The van der Waals surface area contributed by atoms with E-state index < -0.39 is 0 Å². The van der Waals surface area contributed by atoms with E-state index in [1.165, 1.54) is 0 Å². The van der Waals surface area contributed by atoms with Crippen LogP contribution in [-0.4, -0.2) is 12.6 Å². The van der Waals surface area contributed by atoms with Crippen LogP contribution in [0.3, 0.4) is 0 Å². The van der Waals surface area contributed by atoms with Crippen molar-refractivity contribution in [3.8, 4) is 0 Å². The molecule has 0 aromatic carbocycles. The number of hydrogen-bond acceptors (Lipinski definition) is 3. The third-order valence-electron chi connectivity index (χ3n) is 2.46. The van der Waals surface area contributed by atoms with E-state index >= 15 is 0 Å². The zero-order chi connectivity index (χ0) is 12.8. The summed E-state index contributed by atoms with van der Waals surface area (Å²) in [5.41, 5.74) is 1.16. The molecule has 1 aromatic rings. The van der Waals surface area contributed by atoms with E-state index in [1.54, 1.807) is 0 Å². The molecule has 1 rings (SSSR count). The summed E-state index contributed by atoms with van der Waals surface area (Å²) in [6.07, 6.45) is 0. The van der Waals surface area contributed by atoms with Crippen molar-refractivity contribution in [1.82, 2.24) is 5.32 Å². The van der Waals surface area contributed by atoms with Crippen LogP contribution in [0.2, 0.25) is 0 Å². The minimum absolute atomic E-state index is 0.473. The molecule has 0 amide bonds. The van der Waals surface area contributed by atoms with Gasteiger partial charge in [0.15, 0.2) is 0 Å². The fraction of sp³-hybridized carbons (Fsp3) is 0.714. The van der Waals surface area contributed by atoms with Crippen molar-refractivity contribution in [2.24, 2.45) is 5.92 Å². The largest absolute Gasteiger partial charge is 0.465 e. The van der Waals surface area contributed by atoms with Gasteiger partial charge in [0.1, 0.15) is 11.5 Å². The van der Waals surface area contributed by atoms with Gasteiger partial charge in [0.2, 0.25) is 0 Å². The molecule has 0 bridgehead atoms. The average molecular weight is 239 g/mol. The number of nitrogens with one attached hydrogen (secondary N) is 1. The molecule has 0 radical (unpaired) electrons. The van der Waals surface area contributed by atoms with Gasteiger partial charge in [0, 0.05) is 18.2 Å². The van der Waals surface area contributed by atoms with Crippen LogP contribution >= 0.6 is 0 Å². The summed E-state index contributed by atoms with van der Waals surface area (Å²) in [5.74, 6) is 2.53. The van der Waals surface area contributed by atoms with Crippen LogP contribution in [0, 0.1) is 12.8 Å². The molecule has 0 aliphatic rings. The topological polar surface area (TPSA) is 34.4 Å². The fourth-order valence-electron chi connectivity index (χ4n) is 1.53. The highest BCUT2D eigenvalue weighted by molar-refractivity contribution is 5.19. The molecule has 0 unspecified atom stereocenters. The second kappa shape index (κ2) is 6.82. The lowest BCUT2D eigenvalue weighted by Gasteiger charge is -2.05. The van der Waals surface area contributed by atoms with Gasteiger partial charge in [0.05, 0.1) is 13.2 Å². The Labute approximate surface area is 105 Å². The zero-order valence-corrected chi connectivity index (χ0v) is 11.7. The van der Waals surface area contributed by atoms with Gasteiger partial charge in [0.25, 0.3) is 0 Å². The van der Waals surface area contributed by atoms with Crippen molar-refractivity contribution in [2.75, 3.05) is 6.61 Å². The summed E-state index contributed by atoms with van der Waals surface area (Å²) >= 11 is 0. The Hall–Kier alpha value is -0.800. The van der Waals surface area contributed by atoms with E-state index in [9.17, 15) is 0 Å². The third-order valence-corrected chi connectivity index (χ3v) is 2.46. The van der Waals surface area contributed by atoms with Gasteiger partial charge in [-0.15, -0.1) is 0 Å². The molecular weight excluding hydrogens is 214 g/mol. The molecule has 0 saturated heterocycles. The number of furan rings is 1. The summed E-state index contributed by atoms with van der Waals surface area (Å²) in [7, 11) is 0. The molecule has 3 nitrogen and oxygen atoms in total. The summed E-state index contributed by atoms with van der Waals surface area (Å²) < 4.78 is 11.3. The molecule has 0 aliphatic carbocycles. The Kier molecular flexibility index (Phi) is 5.72. The van der Waals surface area contributed by atoms with Crippen LogP contribution in [0.4, 0.5) is 0 Å². The van der Waals surface area contributed by atoms with Crippen molar-refractivity contribution < 1.29 is 9.15 Å². The van der Waals surface area contributed by atoms with Crippen LogP contribution in [0.5, 0.6) is 0 Å². The number of rotatable bonds is 7. The molecule has 3 heteroatoms. The van der Waals surface area contributed by atoms with Crippen LogP contribution in [0.25, 0.3) is 0 Å². The summed E-state index contributed by atoms with van der Waals surface area (Å²) in [5, 5.41) is 3.34.